The van der Waals surface area contributed by atoms with Gasteiger partial charge in [-0.2, -0.15) is 0 Å². The Hall–Kier alpha value is -3.10. The predicted molar refractivity (Wildman–Crippen MR) is 97.9 cm³/mol. The van der Waals surface area contributed by atoms with Crippen molar-refractivity contribution in [1.29, 1.82) is 0 Å². The molecule has 1 saturated heterocycles. The van der Waals surface area contributed by atoms with Gasteiger partial charge in [0, 0.05) is 13.1 Å². The fourth-order valence-corrected chi connectivity index (χ4v) is 2.99. The second-order valence-corrected chi connectivity index (χ2v) is 6.56. The van der Waals surface area contributed by atoms with Gasteiger partial charge < -0.3 is 14.8 Å². The molecular weight excluding hydrogens is 366 g/mol. The molecule has 0 radical (unpaired) electrons. The molecule has 2 aliphatic rings. The van der Waals surface area contributed by atoms with Crippen LogP contribution in [0.4, 0.5) is 4.79 Å². The second-order valence-electron chi connectivity index (χ2n) is 6.56. The van der Waals surface area contributed by atoms with Crippen molar-refractivity contribution in [1.82, 2.24) is 15.1 Å². The van der Waals surface area contributed by atoms with Gasteiger partial charge in [-0.05, 0) is 30.5 Å². The number of fused-ring (bicyclic) bond motifs is 1. The van der Waals surface area contributed by atoms with E-state index in [0.29, 0.717) is 49.0 Å². The zero-order valence-corrected chi connectivity index (χ0v) is 15.7. The Bertz CT molecular complexity index is 794. The largest absolute Gasteiger partial charge is 0.486 e. The molecule has 28 heavy (non-hydrogen) atoms. The highest BCUT2D eigenvalue weighted by molar-refractivity contribution is 6.45. The van der Waals surface area contributed by atoms with Crippen molar-refractivity contribution in [3.05, 3.63) is 23.8 Å². The third-order valence-electron chi connectivity index (χ3n) is 4.51. The zero-order valence-electron chi connectivity index (χ0n) is 15.7. The summed E-state index contributed by atoms with van der Waals surface area (Å²) in [6, 6.07) is 4.84. The maximum absolute atomic E-state index is 12.2. The summed E-state index contributed by atoms with van der Waals surface area (Å²) < 4.78 is 11.0. The lowest BCUT2D eigenvalue weighted by Crippen LogP contribution is -2.42. The Morgan fingerprint density at radius 1 is 1.07 bits per heavy atom. The molecule has 0 saturated carbocycles. The summed E-state index contributed by atoms with van der Waals surface area (Å²) in [5.74, 6) is -0.952. The monoisotopic (exact) mass is 389 g/mol. The lowest BCUT2D eigenvalue weighted by Gasteiger charge is -2.19. The zero-order chi connectivity index (χ0) is 20.1. The minimum atomic E-state index is -0.955. The molecule has 0 aliphatic carbocycles. The number of hydrogen-bond acceptors (Lipinski definition) is 6. The van der Waals surface area contributed by atoms with Crippen molar-refractivity contribution in [2.45, 2.75) is 26.2 Å². The van der Waals surface area contributed by atoms with Crippen LogP contribution >= 0.6 is 0 Å². The van der Waals surface area contributed by atoms with Crippen LogP contribution in [0.25, 0.3) is 0 Å². The van der Waals surface area contributed by atoms with Crippen LogP contribution in [0.5, 0.6) is 11.5 Å². The number of unbranched alkanes of at least 4 members (excludes halogenated alkanes) is 1. The highest BCUT2D eigenvalue weighted by Gasteiger charge is 2.44. The number of benzene rings is 1. The molecule has 3 rings (SSSR count). The highest BCUT2D eigenvalue weighted by atomic mass is 16.6. The first-order valence-corrected chi connectivity index (χ1v) is 9.33. The van der Waals surface area contributed by atoms with Gasteiger partial charge in [-0.25, -0.2) is 9.69 Å². The molecule has 0 spiro atoms. The Morgan fingerprint density at radius 2 is 1.79 bits per heavy atom. The molecule has 1 aromatic rings. The first kappa shape index (κ1) is 19.7. The molecule has 150 valence electrons. The number of rotatable bonds is 8. The molecule has 5 amide bonds. The summed E-state index contributed by atoms with van der Waals surface area (Å²) in [7, 11) is 0. The van der Waals surface area contributed by atoms with E-state index >= 15 is 0 Å². The van der Waals surface area contributed by atoms with Crippen LogP contribution in [0.15, 0.2) is 18.2 Å². The molecule has 2 heterocycles. The molecule has 0 aromatic heterocycles. The van der Waals surface area contributed by atoms with Crippen LogP contribution in [-0.2, 0) is 20.8 Å². The number of imide groups is 2. The van der Waals surface area contributed by atoms with E-state index < -0.39 is 30.3 Å². The summed E-state index contributed by atoms with van der Waals surface area (Å²) in [5, 5.41) is 2.67. The van der Waals surface area contributed by atoms with Crippen molar-refractivity contribution in [2.24, 2.45) is 0 Å². The van der Waals surface area contributed by atoms with Crippen LogP contribution in [0, 0.1) is 0 Å². The van der Waals surface area contributed by atoms with E-state index in [1.807, 2.05) is 25.1 Å². The van der Waals surface area contributed by atoms with Gasteiger partial charge in [0.2, 0.25) is 5.91 Å². The number of amides is 5. The Labute approximate surface area is 162 Å². The smallest absolute Gasteiger partial charge is 0.334 e. The summed E-state index contributed by atoms with van der Waals surface area (Å²) in [5.41, 5.74) is 0.957. The van der Waals surface area contributed by atoms with Gasteiger partial charge in [-0.15, -0.1) is 0 Å². The van der Waals surface area contributed by atoms with E-state index in [-0.39, 0.29) is 6.54 Å². The van der Waals surface area contributed by atoms with Crippen LogP contribution in [-0.4, -0.2) is 66.4 Å². The maximum Gasteiger partial charge on any atom is 0.334 e. The number of ether oxygens (including phenoxy) is 2. The SMILES string of the molecule is CCCCN1C(=O)C(=O)N(CC(=O)NCCc2ccc3c(c2)OCCO3)C1=O. The maximum atomic E-state index is 12.2. The van der Waals surface area contributed by atoms with Crippen LogP contribution in [0.2, 0.25) is 0 Å². The molecule has 0 bridgehead atoms. The predicted octanol–water partition coefficient (Wildman–Crippen LogP) is 0.707. The fourth-order valence-electron chi connectivity index (χ4n) is 2.99. The summed E-state index contributed by atoms with van der Waals surface area (Å²) in [6.45, 7) is 2.98. The van der Waals surface area contributed by atoms with Crippen LogP contribution in [0.3, 0.4) is 0 Å². The lowest BCUT2D eigenvalue weighted by atomic mass is 10.1. The van der Waals surface area contributed by atoms with E-state index in [2.05, 4.69) is 5.32 Å². The quantitative estimate of drug-likeness (QED) is 0.519. The third-order valence-corrected chi connectivity index (χ3v) is 4.51. The summed E-state index contributed by atoms with van der Waals surface area (Å²) in [4.78, 5) is 49.8. The second kappa shape index (κ2) is 8.73. The van der Waals surface area contributed by atoms with Crippen LogP contribution in [0.1, 0.15) is 25.3 Å². The molecule has 0 atom stereocenters. The first-order chi connectivity index (χ1) is 13.5. The van der Waals surface area contributed by atoms with Gasteiger partial charge in [-0.1, -0.05) is 19.4 Å². The molecule has 2 aliphatic heterocycles. The number of hydrogen-bond donors (Lipinski definition) is 1. The average molecular weight is 389 g/mol. The topological polar surface area (TPSA) is 105 Å². The van der Waals surface area contributed by atoms with Gasteiger partial charge in [0.1, 0.15) is 19.8 Å². The van der Waals surface area contributed by atoms with Crippen molar-refractivity contribution in [3.63, 3.8) is 0 Å². The molecule has 0 unspecified atom stereocenters. The van der Waals surface area contributed by atoms with E-state index in [1.165, 1.54) is 0 Å². The Kier molecular flexibility index (Phi) is 6.13. The van der Waals surface area contributed by atoms with E-state index in [4.69, 9.17) is 9.47 Å². The normalized spacial score (nSPS) is 16.0. The lowest BCUT2D eigenvalue weighted by molar-refractivity contribution is -0.144. The summed E-state index contributed by atoms with van der Waals surface area (Å²) >= 11 is 0. The average Bonchev–Trinajstić information content (AvgIpc) is 2.89. The van der Waals surface area contributed by atoms with E-state index in [9.17, 15) is 19.2 Å². The standard InChI is InChI=1S/C19H23N3O6/c1-2-3-8-21-17(24)18(25)22(19(21)26)12-16(23)20-7-6-13-4-5-14-15(11-13)28-10-9-27-14/h4-5,11H,2-3,6-10,12H2,1H3,(H,20,23). The fraction of sp³-hybridized carbons (Fsp3) is 0.474. The summed E-state index contributed by atoms with van der Waals surface area (Å²) in [6.07, 6.45) is 1.94. The van der Waals surface area contributed by atoms with Crippen molar-refractivity contribution < 1.29 is 28.7 Å². The van der Waals surface area contributed by atoms with E-state index in [0.717, 1.165) is 16.9 Å². The first-order valence-electron chi connectivity index (χ1n) is 9.33. The Balaban J connectivity index is 1.48. The number of nitrogens with one attached hydrogen (secondary N) is 1. The minimum absolute atomic E-state index is 0.183. The molecular formula is C19H23N3O6. The van der Waals surface area contributed by atoms with Crippen molar-refractivity contribution in [3.8, 4) is 11.5 Å². The van der Waals surface area contributed by atoms with Crippen LogP contribution < -0.4 is 14.8 Å². The minimum Gasteiger partial charge on any atom is -0.486 e. The molecule has 9 nitrogen and oxygen atoms in total. The van der Waals surface area contributed by atoms with Gasteiger partial charge in [-0.3, -0.25) is 19.3 Å². The van der Waals surface area contributed by atoms with Gasteiger partial charge in [0.25, 0.3) is 0 Å². The molecule has 1 fully saturated rings. The number of carbonyl (C=O) groups is 4. The third kappa shape index (κ3) is 4.24. The molecule has 1 aromatic carbocycles. The van der Waals surface area contributed by atoms with Gasteiger partial charge in [0.05, 0.1) is 0 Å². The number of carbonyl (C=O) groups excluding carboxylic acids is 4. The molecule has 1 N–H and O–H groups in total. The Morgan fingerprint density at radius 3 is 2.54 bits per heavy atom. The van der Waals surface area contributed by atoms with Crippen molar-refractivity contribution >= 4 is 23.8 Å². The highest BCUT2D eigenvalue weighted by Crippen LogP contribution is 2.30. The number of nitrogens with zero attached hydrogens (tertiary/aromatic N) is 2. The van der Waals surface area contributed by atoms with Gasteiger partial charge >= 0.3 is 17.8 Å². The number of urea groups is 1. The van der Waals surface area contributed by atoms with Gasteiger partial charge in [0.15, 0.2) is 11.5 Å². The van der Waals surface area contributed by atoms with Crippen molar-refractivity contribution in [2.75, 3.05) is 32.8 Å². The molecule has 9 heteroatoms. The van der Waals surface area contributed by atoms with E-state index in [1.54, 1.807) is 0 Å².